The number of ether oxygens (including phenoxy) is 1. The van der Waals surface area contributed by atoms with E-state index in [2.05, 4.69) is 0 Å². The minimum absolute atomic E-state index is 0.148. The average molecular weight is 297 g/mol. The Morgan fingerprint density at radius 2 is 2.15 bits per heavy atom. The second kappa shape index (κ2) is 4.75. The van der Waals surface area contributed by atoms with E-state index in [1.54, 1.807) is 12.1 Å². The van der Waals surface area contributed by atoms with E-state index in [4.69, 9.17) is 9.84 Å². The Kier molecular flexibility index (Phi) is 3.18. The minimum atomic E-state index is -3.76. The Morgan fingerprint density at radius 3 is 2.80 bits per heavy atom. The molecule has 20 heavy (non-hydrogen) atoms. The Bertz CT molecular complexity index is 651. The predicted octanol–water partition coefficient (Wildman–Crippen LogP) is 0.859. The summed E-state index contributed by atoms with van der Waals surface area (Å²) in [5.74, 6) is -0.426. The van der Waals surface area contributed by atoms with Crippen molar-refractivity contribution in [3.63, 3.8) is 0 Å². The molecule has 1 aliphatic heterocycles. The number of carboxylic acids is 1. The van der Waals surface area contributed by atoms with Gasteiger partial charge in [0.05, 0.1) is 11.5 Å². The zero-order chi connectivity index (χ0) is 14.3. The first-order chi connectivity index (χ1) is 9.48. The first-order valence-electron chi connectivity index (χ1n) is 6.48. The van der Waals surface area contributed by atoms with Crippen LogP contribution < -0.4 is 4.74 Å². The van der Waals surface area contributed by atoms with Crippen LogP contribution in [0.1, 0.15) is 18.4 Å². The Labute approximate surface area is 117 Å². The lowest BCUT2D eigenvalue weighted by molar-refractivity contribution is -0.137. The monoisotopic (exact) mass is 297 g/mol. The highest BCUT2D eigenvalue weighted by molar-refractivity contribution is 7.89. The Hall–Kier alpha value is -1.60. The van der Waals surface area contributed by atoms with Crippen molar-refractivity contribution in [1.29, 1.82) is 0 Å². The molecule has 1 fully saturated rings. The summed E-state index contributed by atoms with van der Waals surface area (Å²) in [6, 6.07) is 4.53. The summed E-state index contributed by atoms with van der Waals surface area (Å²) in [5, 5.41) is 8.90. The summed E-state index contributed by atoms with van der Waals surface area (Å²) in [4.78, 5) is 11.0. The number of sulfonamides is 1. The number of rotatable bonds is 5. The molecule has 0 amide bonds. The van der Waals surface area contributed by atoms with Gasteiger partial charge in [-0.1, -0.05) is 0 Å². The summed E-state index contributed by atoms with van der Waals surface area (Å²) in [7, 11) is -3.76. The number of benzene rings is 1. The SMILES string of the molecule is O=C(O)CN(C1CC1)S(=O)(=O)c1ccc2c(c1)CCO2. The van der Waals surface area contributed by atoms with Crippen LogP contribution in [0.5, 0.6) is 5.75 Å². The number of aliphatic carboxylic acids is 1. The van der Waals surface area contributed by atoms with Crippen molar-refractivity contribution < 1.29 is 23.1 Å². The molecule has 1 N–H and O–H groups in total. The van der Waals surface area contributed by atoms with Crippen LogP contribution in [0, 0.1) is 0 Å². The highest BCUT2D eigenvalue weighted by Gasteiger charge is 2.39. The van der Waals surface area contributed by atoms with Gasteiger partial charge in [-0.25, -0.2) is 8.42 Å². The third-order valence-corrected chi connectivity index (χ3v) is 5.41. The first kappa shape index (κ1) is 13.4. The van der Waals surface area contributed by atoms with Crippen LogP contribution in [0.15, 0.2) is 23.1 Å². The second-order valence-corrected chi connectivity index (χ2v) is 6.93. The van der Waals surface area contributed by atoms with Crippen molar-refractivity contribution in [3.8, 4) is 5.75 Å². The van der Waals surface area contributed by atoms with Crippen LogP contribution in [-0.4, -0.2) is 43.0 Å². The van der Waals surface area contributed by atoms with Crippen molar-refractivity contribution in [2.24, 2.45) is 0 Å². The molecule has 0 radical (unpaired) electrons. The van der Waals surface area contributed by atoms with E-state index >= 15 is 0 Å². The second-order valence-electron chi connectivity index (χ2n) is 5.04. The van der Waals surface area contributed by atoms with E-state index in [1.165, 1.54) is 6.07 Å². The van der Waals surface area contributed by atoms with E-state index in [9.17, 15) is 13.2 Å². The van der Waals surface area contributed by atoms with Gasteiger partial charge in [0.2, 0.25) is 10.0 Å². The molecule has 108 valence electrons. The molecule has 1 saturated carbocycles. The van der Waals surface area contributed by atoms with E-state index in [0.717, 1.165) is 22.7 Å². The maximum absolute atomic E-state index is 12.6. The summed E-state index contributed by atoms with van der Waals surface area (Å²) < 4.78 is 31.6. The fourth-order valence-electron chi connectivity index (χ4n) is 2.36. The quantitative estimate of drug-likeness (QED) is 0.871. The van der Waals surface area contributed by atoms with Crippen LogP contribution >= 0.6 is 0 Å². The molecule has 0 bridgehead atoms. The molecule has 0 saturated heterocycles. The predicted molar refractivity (Wildman–Crippen MR) is 70.2 cm³/mol. The molecular formula is C13H15NO5S. The molecule has 0 aromatic heterocycles. The molecule has 0 atom stereocenters. The lowest BCUT2D eigenvalue weighted by Crippen LogP contribution is -2.37. The molecule has 1 heterocycles. The third kappa shape index (κ3) is 2.38. The topological polar surface area (TPSA) is 83.9 Å². The van der Waals surface area contributed by atoms with Crippen molar-refractivity contribution in [3.05, 3.63) is 23.8 Å². The maximum atomic E-state index is 12.6. The largest absolute Gasteiger partial charge is 0.493 e. The van der Waals surface area contributed by atoms with Gasteiger partial charge in [-0.3, -0.25) is 4.79 Å². The first-order valence-corrected chi connectivity index (χ1v) is 7.92. The highest BCUT2D eigenvalue weighted by atomic mass is 32.2. The smallest absolute Gasteiger partial charge is 0.318 e. The number of nitrogens with zero attached hydrogens (tertiary/aromatic N) is 1. The fourth-order valence-corrected chi connectivity index (χ4v) is 4.05. The fraction of sp³-hybridized carbons (Fsp3) is 0.462. The van der Waals surface area contributed by atoms with Gasteiger partial charge < -0.3 is 9.84 Å². The maximum Gasteiger partial charge on any atom is 0.318 e. The van der Waals surface area contributed by atoms with Crippen molar-refractivity contribution in [2.45, 2.75) is 30.2 Å². The van der Waals surface area contributed by atoms with Crippen LogP contribution in [0.25, 0.3) is 0 Å². The molecule has 1 aromatic rings. The molecule has 0 unspecified atom stereocenters. The van der Waals surface area contributed by atoms with Crippen molar-refractivity contribution in [2.75, 3.05) is 13.2 Å². The van der Waals surface area contributed by atoms with Gasteiger partial charge in [-0.15, -0.1) is 0 Å². The minimum Gasteiger partial charge on any atom is -0.493 e. The molecule has 7 heteroatoms. The number of fused-ring (bicyclic) bond motifs is 1. The standard InChI is InChI=1S/C13H15NO5S/c15-13(16)8-14(10-1-2-10)20(17,18)11-3-4-12-9(7-11)5-6-19-12/h3-4,7,10H,1-2,5-6,8H2,(H,15,16). The van der Waals surface area contributed by atoms with E-state index in [1.807, 2.05) is 0 Å². The summed E-state index contributed by atoms with van der Waals surface area (Å²) in [5.41, 5.74) is 0.858. The van der Waals surface area contributed by atoms with E-state index in [0.29, 0.717) is 18.8 Å². The van der Waals surface area contributed by atoms with Gasteiger partial charge >= 0.3 is 5.97 Å². The van der Waals surface area contributed by atoms with Crippen LogP contribution in [0.4, 0.5) is 0 Å². The summed E-state index contributed by atoms with van der Waals surface area (Å²) in [6.45, 7) is 0.0703. The van der Waals surface area contributed by atoms with Crippen LogP contribution in [0.3, 0.4) is 0 Å². The lowest BCUT2D eigenvalue weighted by Gasteiger charge is -2.20. The zero-order valence-corrected chi connectivity index (χ0v) is 11.6. The number of carbonyl (C=O) groups is 1. The third-order valence-electron chi connectivity index (χ3n) is 3.51. The van der Waals surface area contributed by atoms with Crippen LogP contribution in [-0.2, 0) is 21.2 Å². The number of carboxylic acid groups (broad SMARTS) is 1. The number of hydrogen-bond donors (Lipinski definition) is 1. The summed E-state index contributed by atoms with van der Waals surface area (Å²) >= 11 is 0. The average Bonchev–Trinajstić information content (AvgIpc) is 3.12. The van der Waals surface area contributed by atoms with Gasteiger partial charge in [0.15, 0.2) is 0 Å². The normalized spacial score (nSPS) is 17.9. The highest BCUT2D eigenvalue weighted by Crippen LogP contribution is 2.34. The van der Waals surface area contributed by atoms with E-state index in [-0.39, 0.29) is 10.9 Å². The Morgan fingerprint density at radius 1 is 1.40 bits per heavy atom. The van der Waals surface area contributed by atoms with Crippen molar-refractivity contribution >= 4 is 16.0 Å². The molecule has 1 aliphatic carbocycles. The molecular weight excluding hydrogens is 282 g/mol. The van der Waals surface area contributed by atoms with Crippen LogP contribution in [0.2, 0.25) is 0 Å². The van der Waals surface area contributed by atoms with E-state index < -0.39 is 22.5 Å². The van der Waals surface area contributed by atoms with Gasteiger partial charge in [-0.05, 0) is 36.6 Å². The molecule has 3 rings (SSSR count). The summed E-state index contributed by atoms with van der Waals surface area (Å²) in [6.07, 6.45) is 2.13. The Balaban J connectivity index is 1.95. The zero-order valence-electron chi connectivity index (χ0n) is 10.8. The molecule has 1 aromatic carbocycles. The van der Waals surface area contributed by atoms with Gasteiger partial charge in [0, 0.05) is 12.5 Å². The van der Waals surface area contributed by atoms with Gasteiger partial charge in [0.1, 0.15) is 12.3 Å². The molecule has 2 aliphatic rings. The van der Waals surface area contributed by atoms with Gasteiger partial charge in [-0.2, -0.15) is 4.31 Å². The molecule has 0 spiro atoms. The number of hydrogen-bond acceptors (Lipinski definition) is 4. The van der Waals surface area contributed by atoms with Gasteiger partial charge in [0.25, 0.3) is 0 Å². The van der Waals surface area contributed by atoms with Crippen molar-refractivity contribution in [1.82, 2.24) is 4.31 Å². The molecule has 6 nitrogen and oxygen atoms in total. The lowest BCUT2D eigenvalue weighted by atomic mass is 10.2.